The van der Waals surface area contributed by atoms with E-state index in [0.29, 0.717) is 10.9 Å². The Morgan fingerprint density at radius 2 is 2.22 bits per heavy atom. The third-order valence-electron chi connectivity index (χ3n) is 3.76. The van der Waals surface area contributed by atoms with Crippen molar-refractivity contribution in [3.05, 3.63) is 28.8 Å². The Morgan fingerprint density at radius 3 is 2.78 bits per heavy atom. The van der Waals surface area contributed by atoms with E-state index in [-0.39, 0.29) is 5.84 Å². The number of nitrogens with zero attached hydrogens (tertiary/aromatic N) is 1. The summed E-state index contributed by atoms with van der Waals surface area (Å²) in [5, 5.41) is 8.29. The molecule has 0 saturated carbocycles. The number of benzene rings is 1. The number of anilines is 1. The van der Waals surface area contributed by atoms with Gasteiger partial charge in [-0.1, -0.05) is 25.4 Å². The second-order valence-electron chi connectivity index (χ2n) is 5.31. The van der Waals surface area contributed by atoms with Crippen LogP contribution in [0.25, 0.3) is 0 Å². The summed E-state index contributed by atoms with van der Waals surface area (Å²) in [6, 6.07) is 5.62. The Morgan fingerprint density at radius 1 is 1.50 bits per heavy atom. The van der Waals surface area contributed by atoms with Crippen molar-refractivity contribution in [2.75, 3.05) is 18.0 Å². The molecule has 1 unspecified atom stereocenters. The van der Waals surface area contributed by atoms with Gasteiger partial charge in [0.1, 0.15) is 5.84 Å². The van der Waals surface area contributed by atoms with Crippen LogP contribution in [0, 0.1) is 17.2 Å². The van der Waals surface area contributed by atoms with Gasteiger partial charge in [0.25, 0.3) is 0 Å². The van der Waals surface area contributed by atoms with Gasteiger partial charge in [-0.25, -0.2) is 0 Å². The zero-order chi connectivity index (χ0) is 13.3. The van der Waals surface area contributed by atoms with E-state index >= 15 is 0 Å². The molecule has 0 radical (unpaired) electrons. The Labute approximate surface area is 113 Å². The van der Waals surface area contributed by atoms with E-state index < -0.39 is 0 Å². The van der Waals surface area contributed by atoms with E-state index in [1.165, 1.54) is 6.42 Å². The van der Waals surface area contributed by atoms with Gasteiger partial charge < -0.3 is 10.6 Å². The highest BCUT2D eigenvalue weighted by atomic mass is 35.5. The van der Waals surface area contributed by atoms with Crippen molar-refractivity contribution >= 4 is 23.1 Å². The van der Waals surface area contributed by atoms with E-state index in [1.807, 2.05) is 12.1 Å². The molecule has 1 heterocycles. The lowest BCUT2D eigenvalue weighted by molar-refractivity contribution is 0.423. The average molecular weight is 266 g/mol. The maximum Gasteiger partial charge on any atom is 0.124 e. The molecule has 0 bridgehead atoms. The van der Waals surface area contributed by atoms with Crippen LogP contribution >= 0.6 is 11.6 Å². The molecule has 98 valence electrons. The highest BCUT2D eigenvalue weighted by molar-refractivity contribution is 6.31. The van der Waals surface area contributed by atoms with Gasteiger partial charge in [0.2, 0.25) is 0 Å². The number of hydrogen-bond donors (Lipinski definition) is 2. The maximum absolute atomic E-state index is 7.66. The summed E-state index contributed by atoms with van der Waals surface area (Å²) >= 11 is 5.98. The first-order valence-electron chi connectivity index (χ1n) is 6.38. The molecule has 0 amide bonds. The molecule has 1 aromatic rings. The molecule has 3 N–H and O–H groups in total. The third-order valence-corrected chi connectivity index (χ3v) is 3.99. The molecule has 18 heavy (non-hydrogen) atoms. The van der Waals surface area contributed by atoms with E-state index in [1.54, 1.807) is 6.07 Å². The molecule has 1 saturated heterocycles. The number of amidine groups is 1. The first kappa shape index (κ1) is 13.2. The van der Waals surface area contributed by atoms with Crippen molar-refractivity contribution in [3.63, 3.8) is 0 Å². The minimum atomic E-state index is 0.0838. The molecular weight excluding hydrogens is 246 g/mol. The van der Waals surface area contributed by atoms with Crippen LogP contribution < -0.4 is 10.6 Å². The lowest BCUT2D eigenvalue weighted by atomic mass is 9.95. The van der Waals surface area contributed by atoms with E-state index in [0.717, 1.165) is 30.3 Å². The van der Waals surface area contributed by atoms with Gasteiger partial charge in [-0.15, -0.1) is 0 Å². The highest BCUT2D eigenvalue weighted by Crippen LogP contribution is 2.31. The quantitative estimate of drug-likeness (QED) is 0.652. The van der Waals surface area contributed by atoms with Crippen LogP contribution in [0.15, 0.2) is 18.2 Å². The van der Waals surface area contributed by atoms with Gasteiger partial charge in [-0.05, 0) is 36.5 Å². The van der Waals surface area contributed by atoms with Crippen molar-refractivity contribution in [1.29, 1.82) is 5.41 Å². The molecule has 1 aromatic carbocycles. The maximum atomic E-state index is 7.66. The minimum absolute atomic E-state index is 0.0838. The fraction of sp³-hybridized carbons (Fsp3) is 0.500. The van der Waals surface area contributed by atoms with Crippen molar-refractivity contribution in [2.24, 2.45) is 17.6 Å². The zero-order valence-electron chi connectivity index (χ0n) is 10.9. The molecule has 2 rings (SSSR count). The predicted octanol–water partition coefficient (Wildman–Crippen LogP) is 3.11. The van der Waals surface area contributed by atoms with E-state index in [2.05, 4.69) is 18.7 Å². The Hall–Kier alpha value is -1.22. The van der Waals surface area contributed by atoms with Gasteiger partial charge in [-0.2, -0.15) is 0 Å². The second kappa shape index (κ2) is 5.19. The fourth-order valence-corrected chi connectivity index (χ4v) is 2.72. The van der Waals surface area contributed by atoms with Gasteiger partial charge in [0.15, 0.2) is 0 Å². The van der Waals surface area contributed by atoms with Gasteiger partial charge >= 0.3 is 0 Å². The van der Waals surface area contributed by atoms with Crippen LogP contribution in [0.5, 0.6) is 0 Å². The lowest BCUT2D eigenvalue weighted by Crippen LogP contribution is -2.25. The summed E-state index contributed by atoms with van der Waals surface area (Å²) in [5.41, 5.74) is 7.42. The number of nitrogens with one attached hydrogen (secondary N) is 1. The van der Waals surface area contributed by atoms with Crippen LogP contribution in [0.2, 0.25) is 5.02 Å². The molecule has 1 atom stereocenters. The highest BCUT2D eigenvalue weighted by Gasteiger charge is 2.26. The summed E-state index contributed by atoms with van der Waals surface area (Å²) in [5.74, 6) is 1.50. The van der Waals surface area contributed by atoms with Crippen LogP contribution in [0.1, 0.15) is 25.8 Å². The molecule has 1 aliphatic rings. The number of nitrogen functional groups attached to an aromatic ring is 1. The molecule has 1 aliphatic heterocycles. The SMILES string of the molecule is CC(C)C1CCN(c2ccc(Cl)cc2C(=N)N)C1. The van der Waals surface area contributed by atoms with Crippen LogP contribution in [0.4, 0.5) is 5.69 Å². The molecule has 3 nitrogen and oxygen atoms in total. The van der Waals surface area contributed by atoms with Gasteiger partial charge in [0.05, 0.1) is 0 Å². The van der Waals surface area contributed by atoms with Crippen molar-refractivity contribution < 1.29 is 0 Å². The Bertz CT molecular complexity index is 456. The summed E-state index contributed by atoms with van der Waals surface area (Å²) in [4.78, 5) is 2.32. The normalized spacial score (nSPS) is 19.6. The molecule has 4 heteroatoms. The third kappa shape index (κ3) is 2.61. The largest absolute Gasteiger partial charge is 0.384 e. The lowest BCUT2D eigenvalue weighted by Gasteiger charge is -2.22. The Balaban J connectivity index is 2.27. The Kier molecular flexibility index (Phi) is 3.81. The molecule has 0 aromatic heterocycles. The van der Waals surface area contributed by atoms with Gasteiger partial charge in [0, 0.05) is 29.4 Å². The number of halogens is 1. The average Bonchev–Trinajstić information content (AvgIpc) is 2.78. The monoisotopic (exact) mass is 265 g/mol. The summed E-state index contributed by atoms with van der Waals surface area (Å²) < 4.78 is 0. The number of rotatable bonds is 3. The number of hydrogen-bond acceptors (Lipinski definition) is 2. The van der Waals surface area contributed by atoms with Crippen LogP contribution in [-0.2, 0) is 0 Å². The minimum Gasteiger partial charge on any atom is -0.384 e. The fourth-order valence-electron chi connectivity index (χ4n) is 2.55. The summed E-state index contributed by atoms with van der Waals surface area (Å²) in [6.07, 6.45) is 1.21. The molecule has 1 fully saturated rings. The van der Waals surface area contributed by atoms with Crippen LogP contribution in [-0.4, -0.2) is 18.9 Å². The first-order chi connectivity index (χ1) is 8.49. The topological polar surface area (TPSA) is 53.1 Å². The molecule has 0 spiro atoms. The molecular formula is C14H20ClN3. The summed E-state index contributed by atoms with van der Waals surface area (Å²) in [6.45, 7) is 6.61. The van der Waals surface area contributed by atoms with E-state index in [4.69, 9.17) is 22.7 Å². The van der Waals surface area contributed by atoms with E-state index in [9.17, 15) is 0 Å². The first-order valence-corrected chi connectivity index (χ1v) is 6.75. The second-order valence-corrected chi connectivity index (χ2v) is 5.75. The standard InChI is InChI=1S/C14H20ClN3/c1-9(2)10-5-6-18(8-10)13-4-3-11(15)7-12(13)14(16)17/h3-4,7,9-10H,5-6,8H2,1-2H3,(H3,16,17). The van der Waals surface area contributed by atoms with Crippen molar-refractivity contribution in [3.8, 4) is 0 Å². The molecule has 0 aliphatic carbocycles. The number of nitrogens with two attached hydrogens (primary N) is 1. The van der Waals surface area contributed by atoms with Crippen LogP contribution in [0.3, 0.4) is 0 Å². The van der Waals surface area contributed by atoms with Gasteiger partial charge in [-0.3, -0.25) is 5.41 Å². The zero-order valence-corrected chi connectivity index (χ0v) is 11.7. The predicted molar refractivity (Wildman–Crippen MR) is 77.6 cm³/mol. The van der Waals surface area contributed by atoms with Crippen molar-refractivity contribution in [1.82, 2.24) is 0 Å². The van der Waals surface area contributed by atoms with Crippen molar-refractivity contribution in [2.45, 2.75) is 20.3 Å². The summed E-state index contributed by atoms with van der Waals surface area (Å²) in [7, 11) is 0. The smallest absolute Gasteiger partial charge is 0.124 e.